The van der Waals surface area contributed by atoms with Crippen molar-refractivity contribution in [3.63, 3.8) is 0 Å². The number of hydrogen-bond acceptors (Lipinski definition) is 19. The smallest absolute Gasteiger partial charge is 0.347 e. The van der Waals surface area contributed by atoms with Gasteiger partial charge in [-0.2, -0.15) is 4.31 Å². The summed E-state index contributed by atoms with van der Waals surface area (Å²) < 4.78 is 84.1. The van der Waals surface area contributed by atoms with E-state index in [0.29, 0.717) is 24.2 Å². The molecule has 0 spiro atoms. The van der Waals surface area contributed by atoms with E-state index in [1.54, 1.807) is 57.7 Å². The first-order chi connectivity index (χ1) is 38.4. The highest BCUT2D eigenvalue weighted by Crippen LogP contribution is 2.61. The maximum absolute atomic E-state index is 13.6. The van der Waals surface area contributed by atoms with Crippen LogP contribution in [0.4, 0.5) is 32.6 Å². The van der Waals surface area contributed by atoms with Crippen LogP contribution in [0.5, 0.6) is 0 Å². The minimum atomic E-state index is -5.44. The highest BCUT2D eigenvalue weighted by atomic mass is 31.3. The van der Waals surface area contributed by atoms with Crippen LogP contribution in [0.1, 0.15) is 23.6 Å². The average Bonchev–Trinajstić information content (AvgIpc) is 4.51. The van der Waals surface area contributed by atoms with Gasteiger partial charge in [0.2, 0.25) is 0 Å². The molecule has 8 heterocycles. The van der Waals surface area contributed by atoms with E-state index in [0.717, 1.165) is 11.1 Å². The third kappa shape index (κ3) is 11.7. The molecule has 4 aromatic carbocycles. The minimum absolute atomic E-state index is 0.0958. The molecule has 4 amide bonds. The second-order valence-corrected chi connectivity index (χ2v) is 21.4. The molecule has 12 atom stereocenters. The maximum Gasteiger partial charge on any atom is 0.481 e. The third-order valence-corrected chi connectivity index (χ3v) is 15.7. The van der Waals surface area contributed by atoms with E-state index in [-0.39, 0.29) is 34.0 Å². The molecule has 79 heavy (non-hydrogen) atoms. The normalized spacial score (nSPS) is 25.8. The van der Waals surface area contributed by atoms with E-state index in [1.165, 1.54) is 25.3 Å². The van der Waals surface area contributed by atoms with Crippen LogP contribution in [0.15, 0.2) is 147 Å². The van der Waals surface area contributed by atoms with Crippen molar-refractivity contribution in [1.29, 1.82) is 0 Å². The lowest BCUT2D eigenvalue weighted by Crippen LogP contribution is -2.32. The van der Waals surface area contributed by atoms with Crippen LogP contribution in [-0.2, 0) is 63.8 Å². The molecule has 4 aliphatic heterocycles. The molecular weight excluding hydrogens is 1070 g/mol. The number of carbonyl (C=O) groups excluding carboxylic acids is 2. The van der Waals surface area contributed by atoms with Crippen LogP contribution in [-0.4, -0.2) is 123 Å². The Hall–Kier alpha value is -7.46. The van der Waals surface area contributed by atoms with Gasteiger partial charge in [-0.1, -0.05) is 97.1 Å². The first-order valence-electron chi connectivity index (χ1n) is 24.7. The number of anilines is 4. The van der Waals surface area contributed by atoms with E-state index in [1.807, 2.05) is 72.8 Å². The standard InChI is InChI=1S/C50H48N12O15P2/c63-49(57-31-17-9-3-10-18-31)59-43-37-45(53-25-51-43)61(27-55-37)47-41-39(73-35(75-41)21-29-13-5-1-6-14-29)33(71-47)23-69-78(65,66)77-79(67,68)70-24-34-40-42(76-36(74-40)22-30-15-7-2-8-16-30)48(72-34)62-28-56-38-44(52-26-54-46(38)62)60-50(64)58-32-19-11-4-12-20-32/h1-20,25-28,33-36,39-42,47-48H,21-24H2,(H,65,66)(H,67,68)(H2,51,53,57,59,63)(H2,52,54,58,60,64)/t33-,34-,35?,36?,39-,40-,41-,42-,47-,48-/m1/s1. The first-order valence-corrected chi connectivity index (χ1v) is 27.7. The van der Waals surface area contributed by atoms with E-state index >= 15 is 0 Å². The zero-order valence-electron chi connectivity index (χ0n) is 41.1. The molecule has 8 aromatic rings. The second kappa shape index (κ2) is 22.4. The number of para-hydroxylation sites is 2. The fourth-order valence-electron chi connectivity index (χ4n) is 9.68. The number of urea groups is 2. The van der Waals surface area contributed by atoms with Crippen LogP contribution in [0.3, 0.4) is 0 Å². The molecule has 0 radical (unpaired) electrons. The number of phosphoric acid groups is 2. The predicted octanol–water partition coefficient (Wildman–Crippen LogP) is 6.71. The second-order valence-electron chi connectivity index (χ2n) is 18.4. The number of ether oxygens (including phenoxy) is 6. The number of imidazole rings is 2. The number of phosphoric ester groups is 2. The van der Waals surface area contributed by atoms with Crippen LogP contribution in [0, 0.1) is 0 Å². The highest BCUT2D eigenvalue weighted by Gasteiger charge is 2.56. The lowest BCUT2D eigenvalue weighted by Gasteiger charge is -2.23. The number of aromatic nitrogens is 8. The van der Waals surface area contributed by atoms with Crippen molar-refractivity contribution in [2.45, 2.75) is 74.5 Å². The summed E-state index contributed by atoms with van der Waals surface area (Å²) in [5, 5.41) is 10.8. The summed E-state index contributed by atoms with van der Waals surface area (Å²) in [4.78, 5) is 74.1. The van der Waals surface area contributed by atoms with Crippen molar-refractivity contribution in [1.82, 2.24) is 39.0 Å². The lowest BCUT2D eigenvalue weighted by molar-refractivity contribution is -0.149. The number of hydrogen-bond donors (Lipinski definition) is 6. The summed E-state index contributed by atoms with van der Waals surface area (Å²) >= 11 is 0. The molecule has 4 fully saturated rings. The van der Waals surface area contributed by atoms with Crippen molar-refractivity contribution in [3.05, 3.63) is 158 Å². The van der Waals surface area contributed by atoms with Gasteiger partial charge in [-0.3, -0.25) is 28.8 Å². The molecule has 0 bridgehead atoms. The molecular formula is C50H48N12O15P2. The number of amides is 4. The highest BCUT2D eigenvalue weighted by molar-refractivity contribution is 7.61. The van der Waals surface area contributed by atoms with Gasteiger partial charge >= 0.3 is 27.7 Å². The molecule has 6 N–H and O–H groups in total. The fourth-order valence-corrected chi connectivity index (χ4v) is 11.8. The van der Waals surface area contributed by atoms with Gasteiger partial charge in [0.15, 0.2) is 59.0 Å². The van der Waals surface area contributed by atoms with Gasteiger partial charge in [0.1, 0.15) is 49.3 Å². The number of fused-ring (bicyclic) bond motifs is 4. The summed E-state index contributed by atoms with van der Waals surface area (Å²) in [6.45, 7) is -1.41. The van der Waals surface area contributed by atoms with Gasteiger partial charge < -0.3 is 48.8 Å². The molecule has 0 saturated carbocycles. The van der Waals surface area contributed by atoms with Gasteiger partial charge in [0, 0.05) is 24.2 Å². The van der Waals surface area contributed by atoms with E-state index in [9.17, 15) is 28.5 Å². The Labute approximate surface area is 447 Å². The van der Waals surface area contributed by atoms with Crippen molar-refractivity contribution in [3.8, 4) is 0 Å². The van der Waals surface area contributed by atoms with Gasteiger partial charge in [-0.15, -0.1) is 0 Å². The van der Waals surface area contributed by atoms with Crippen LogP contribution < -0.4 is 21.3 Å². The Morgan fingerprint density at radius 2 is 0.873 bits per heavy atom. The Morgan fingerprint density at radius 3 is 1.28 bits per heavy atom. The molecule has 0 aliphatic carbocycles. The molecule has 4 saturated heterocycles. The summed E-state index contributed by atoms with van der Waals surface area (Å²) in [6.07, 6.45) is -3.56. The lowest BCUT2D eigenvalue weighted by atomic mass is 10.1. The van der Waals surface area contributed by atoms with Crippen LogP contribution >= 0.6 is 15.6 Å². The Morgan fingerprint density at radius 1 is 0.494 bits per heavy atom. The zero-order valence-corrected chi connectivity index (χ0v) is 42.9. The molecule has 27 nitrogen and oxygen atoms in total. The summed E-state index contributed by atoms with van der Waals surface area (Å²) in [5.74, 6) is 0.192. The Balaban J connectivity index is 0.726. The fraction of sp³-hybridized carbons (Fsp3) is 0.280. The molecule has 12 rings (SSSR count). The quantitative estimate of drug-likeness (QED) is 0.0486. The van der Waals surface area contributed by atoms with Gasteiger partial charge in [-0.25, -0.2) is 48.6 Å². The van der Waals surface area contributed by atoms with Gasteiger partial charge in [-0.05, 0) is 35.4 Å². The molecule has 408 valence electrons. The van der Waals surface area contributed by atoms with Crippen molar-refractivity contribution in [2.24, 2.45) is 0 Å². The van der Waals surface area contributed by atoms with Crippen molar-refractivity contribution < 1.29 is 70.3 Å². The summed E-state index contributed by atoms with van der Waals surface area (Å²) in [5.41, 5.74) is 3.81. The minimum Gasteiger partial charge on any atom is -0.347 e. The van der Waals surface area contributed by atoms with Gasteiger partial charge in [0.25, 0.3) is 0 Å². The monoisotopic (exact) mass is 1120 g/mol. The number of benzene rings is 4. The summed E-state index contributed by atoms with van der Waals surface area (Å²) in [7, 11) is -10.9. The Bertz CT molecular complexity index is 3330. The van der Waals surface area contributed by atoms with Crippen LogP contribution in [0.2, 0.25) is 0 Å². The van der Waals surface area contributed by atoms with E-state index in [2.05, 4.69) is 51.2 Å². The third-order valence-electron chi connectivity index (χ3n) is 13.1. The Kier molecular flexibility index (Phi) is 14.8. The topological polar surface area (TPSA) is 327 Å². The number of nitrogens with one attached hydrogen (secondary N) is 4. The number of nitrogens with zero attached hydrogens (tertiary/aromatic N) is 8. The molecule has 4 aliphatic rings. The van der Waals surface area contributed by atoms with Gasteiger partial charge in [0.05, 0.1) is 25.9 Å². The summed E-state index contributed by atoms with van der Waals surface area (Å²) in [6, 6.07) is 35.3. The molecule has 4 aromatic heterocycles. The van der Waals surface area contributed by atoms with E-state index < -0.39 is 103 Å². The van der Waals surface area contributed by atoms with Crippen molar-refractivity contribution in [2.75, 3.05) is 34.5 Å². The SMILES string of the molecule is O=C(Nc1ccccc1)Nc1ncnc2c1ncn2[C@@H]1O[C@H](COP(=O)(O)OP(=O)(O)OC[C@H]2O[C@@H](n3cnc4c(NC(=O)Nc5ccccc5)ncnc43)[C@@H]3OC(Cc4ccccc4)O[C@@H]32)[C@H]2OC(Cc3ccccc3)O[C@H]21. The largest absolute Gasteiger partial charge is 0.481 e. The molecule has 4 unspecified atom stereocenters. The maximum atomic E-state index is 13.6. The molecule has 29 heteroatoms. The number of rotatable bonds is 18. The first kappa shape index (κ1) is 52.3. The predicted molar refractivity (Wildman–Crippen MR) is 277 cm³/mol. The van der Waals surface area contributed by atoms with Crippen molar-refractivity contribution >= 4 is 73.0 Å². The number of carbonyl (C=O) groups is 2. The van der Waals surface area contributed by atoms with E-state index in [4.69, 9.17) is 41.8 Å². The van der Waals surface area contributed by atoms with Crippen LogP contribution in [0.25, 0.3) is 22.3 Å². The average molecular weight is 1120 g/mol. The zero-order chi connectivity index (χ0) is 54.1.